The smallest absolute Gasteiger partial charge is 0.0223 e. The van der Waals surface area contributed by atoms with Crippen molar-refractivity contribution in [2.75, 3.05) is 20.0 Å². The van der Waals surface area contributed by atoms with Gasteiger partial charge in [-0.05, 0) is 20.5 Å². The number of nitrogens with one attached hydrogen (secondary N) is 1. The highest BCUT2D eigenvalue weighted by Crippen LogP contribution is 1.86. The Morgan fingerprint density at radius 1 is 1.33 bits per heavy atom. The van der Waals surface area contributed by atoms with E-state index in [0.717, 1.165) is 12.3 Å². The zero-order valence-electron chi connectivity index (χ0n) is 6.41. The standard InChI is InChI=1S/C4H9Cl.C2H7N.ClH/c1-2-3-4-5;1-3-2;/h2-4H2,1H3;3H,1-2H3;1H. The third-order valence-corrected chi connectivity index (χ3v) is 0.754. The molecule has 0 fully saturated rings. The first-order valence-corrected chi connectivity index (χ1v) is 3.51. The van der Waals surface area contributed by atoms with Gasteiger partial charge in [-0.1, -0.05) is 13.3 Å². The molecule has 0 bridgehead atoms. The second-order valence-corrected chi connectivity index (χ2v) is 1.92. The third-order valence-electron chi connectivity index (χ3n) is 0.487. The molecule has 1 N–H and O–H groups in total. The highest BCUT2D eigenvalue weighted by Gasteiger charge is 1.70. The topological polar surface area (TPSA) is 12.0 Å². The van der Waals surface area contributed by atoms with Gasteiger partial charge in [-0.25, -0.2) is 0 Å². The van der Waals surface area contributed by atoms with Gasteiger partial charge in [0.2, 0.25) is 0 Å². The fraction of sp³-hybridized carbons (Fsp3) is 1.00. The van der Waals surface area contributed by atoms with Crippen molar-refractivity contribution in [3.05, 3.63) is 0 Å². The Morgan fingerprint density at radius 3 is 1.67 bits per heavy atom. The van der Waals surface area contributed by atoms with Crippen LogP contribution in [0.15, 0.2) is 0 Å². The van der Waals surface area contributed by atoms with Crippen LogP contribution in [0.1, 0.15) is 19.8 Å². The van der Waals surface area contributed by atoms with Gasteiger partial charge < -0.3 is 5.32 Å². The second-order valence-electron chi connectivity index (χ2n) is 1.54. The zero-order chi connectivity index (χ0) is 6.83. The molecule has 0 spiro atoms. The Labute approximate surface area is 69.6 Å². The number of halogens is 2. The van der Waals surface area contributed by atoms with Crippen LogP contribution in [-0.4, -0.2) is 20.0 Å². The van der Waals surface area contributed by atoms with Crippen molar-refractivity contribution in [2.45, 2.75) is 19.8 Å². The summed E-state index contributed by atoms with van der Waals surface area (Å²) in [4.78, 5) is 0. The average molecular weight is 174 g/mol. The Hall–Kier alpha value is 0.540. The molecule has 0 aliphatic carbocycles. The van der Waals surface area contributed by atoms with Crippen LogP contribution in [0.25, 0.3) is 0 Å². The zero-order valence-corrected chi connectivity index (χ0v) is 7.98. The van der Waals surface area contributed by atoms with Crippen LogP contribution in [0, 0.1) is 0 Å². The molecule has 0 aromatic carbocycles. The van der Waals surface area contributed by atoms with Crippen molar-refractivity contribution >= 4 is 24.0 Å². The minimum Gasteiger partial charge on any atom is -0.323 e. The first-order valence-electron chi connectivity index (χ1n) is 2.97. The van der Waals surface area contributed by atoms with E-state index < -0.39 is 0 Å². The molecule has 1 nitrogen and oxygen atoms in total. The molecule has 0 aromatic rings. The maximum absolute atomic E-state index is 5.30. The fourth-order valence-electron chi connectivity index (χ4n) is 0.134. The summed E-state index contributed by atoms with van der Waals surface area (Å²) in [6, 6.07) is 0. The van der Waals surface area contributed by atoms with Crippen LogP contribution in [0.5, 0.6) is 0 Å². The van der Waals surface area contributed by atoms with Crippen molar-refractivity contribution < 1.29 is 0 Å². The lowest BCUT2D eigenvalue weighted by molar-refractivity contribution is 0.892. The van der Waals surface area contributed by atoms with E-state index in [-0.39, 0.29) is 12.4 Å². The van der Waals surface area contributed by atoms with Gasteiger partial charge in [-0.2, -0.15) is 0 Å². The Kier molecular flexibility index (Phi) is 42.6. The third kappa shape index (κ3) is 56.6. The minimum atomic E-state index is 0. The van der Waals surface area contributed by atoms with Crippen molar-refractivity contribution in [1.82, 2.24) is 5.32 Å². The van der Waals surface area contributed by atoms with Crippen LogP contribution in [-0.2, 0) is 0 Å². The lowest BCUT2D eigenvalue weighted by Gasteiger charge is -1.77. The van der Waals surface area contributed by atoms with Gasteiger partial charge in [-0.3, -0.25) is 0 Å². The summed E-state index contributed by atoms with van der Waals surface area (Å²) in [5, 5.41) is 2.75. The lowest BCUT2D eigenvalue weighted by atomic mass is 10.4. The number of hydrogen-bond donors (Lipinski definition) is 1. The summed E-state index contributed by atoms with van der Waals surface area (Å²) in [6.07, 6.45) is 2.37. The highest BCUT2D eigenvalue weighted by molar-refractivity contribution is 6.17. The summed E-state index contributed by atoms with van der Waals surface area (Å²) < 4.78 is 0. The molecular weight excluding hydrogens is 157 g/mol. The largest absolute Gasteiger partial charge is 0.323 e. The monoisotopic (exact) mass is 173 g/mol. The molecule has 0 atom stereocenters. The highest BCUT2D eigenvalue weighted by atomic mass is 35.5. The van der Waals surface area contributed by atoms with Gasteiger partial charge in [0.15, 0.2) is 0 Å². The van der Waals surface area contributed by atoms with Crippen LogP contribution >= 0.6 is 24.0 Å². The molecule has 0 saturated carbocycles. The fourth-order valence-corrected chi connectivity index (χ4v) is 0.401. The van der Waals surface area contributed by atoms with Crippen LogP contribution in [0.4, 0.5) is 0 Å². The summed E-state index contributed by atoms with van der Waals surface area (Å²) in [6.45, 7) is 2.13. The SMILES string of the molecule is CCCCCl.CNC.Cl. The van der Waals surface area contributed by atoms with E-state index in [4.69, 9.17) is 11.6 Å². The van der Waals surface area contributed by atoms with Crippen LogP contribution in [0.3, 0.4) is 0 Å². The molecule has 0 aromatic heterocycles. The van der Waals surface area contributed by atoms with Crippen LogP contribution in [0.2, 0.25) is 0 Å². The molecular formula is C6H17Cl2N. The van der Waals surface area contributed by atoms with Gasteiger partial charge in [0.25, 0.3) is 0 Å². The van der Waals surface area contributed by atoms with Crippen molar-refractivity contribution in [3.8, 4) is 0 Å². The Balaban J connectivity index is -0.0000000800. The molecule has 9 heavy (non-hydrogen) atoms. The van der Waals surface area contributed by atoms with E-state index in [1.165, 1.54) is 6.42 Å². The number of rotatable bonds is 2. The molecule has 0 amide bonds. The van der Waals surface area contributed by atoms with E-state index in [2.05, 4.69) is 12.2 Å². The number of hydrogen-bond acceptors (Lipinski definition) is 1. The molecule has 0 heterocycles. The Morgan fingerprint density at radius 2 is 1.67 bits per heavy atom. The van der Waals surface area contributed by atoms with Crippen molar-refractivity contribution in [1.29, 1.82) is 0 Å². The van der Waals surface area contributed by atoms with Gasteiger partial charge in [0.1, 0.15) is 0 Å². The van der Waals surface area contributed by atoms with Crippen LogP contribution < -0.4 is 5.32 Å². The van der Waals surface area contributed by atoms with E-state index in [1.54, 1.807) is 0 Å². The van der Waals surface area contributed by atoms with Crippen molar-refractivity contribution in [3.63, 3.8) is 0 Å². The first-order chi connectivity index (χ1) is 3.83. The summed E-state index contributed by atoms with van der Waals surface area (Å²) in [7, 11) is 3.75. The molecule has 0 rings (SSSR count). The van der Waals surface area contributed by atoms with Crippen molar-refractivity contribution in [2.24, 2.45) is 0 Å². The lowest BCUT2D eigenvalue weighted by Crippen LogP contribution is -1.89. The molecule has 0 aliphatic rings. The van der Waals surface area contributed by atoms with E-state index >= 15 is 0 Å². The van der Waals surface area contributed by atoms with E-state index in [0.29, 0.717) is 0 Å². The molecule has 0 saturated heterocycles. The predicted octanol–water partition coefficient (Wildman–Crippen LogP) is 2.28. The molecule has 60 valence electrons. The number of alkyl halides is 1. The normalized spacial score (nSPS) is 6.67. The summed E-state index contributed by atoms with van der Waals surface area (Å²) in [5.41, 5.74) is 0. The molecule has 3 heteroatoms. The maximum atomic E-state index is 5.30. The summed E-state index contributed by atoms with van der Waals surface area (Å²) >= 11 is 5.30. The summed E-state index contributed by atoms with van der Waals surface area (Å²) in [5.74, 6) is 0.816. The molecule has 0 radical (unpaired) electrons. The first kappa shape index (κ1) is 16.3. The van der Waals surface area contributed by atoms with Gasteiger partial charge in [0, 0.05) is 5.88 Å². The maximum Gasteiger partial charge on any atom is 0.0223 e. The molecule has 0 aliphatic heterocycles. The minimum absolute atomic E-state index is 0. The predicted molar refractivity (Wildman–Crippen MR) is 47.9 cm³/mol. The van der Waals surface area contributed by atoms with Gasteiger partial charge in [-0.15, -0.1) is 24.0 Å². The second kappa shape index (κ2) is 23.6. The Bertz CT molecular complexity index is 25.0. The van der Waals surface area contributed by atoms with Gasteiger partial charge in [0.05, 0.1) is 0 Å². The quantitative estimate of drug-likeness (QED) is 0.633. The average Bonchev–Trinajstić information content (AvgIpc) is 1.71. The molecule has 0 unspecified atom stereocenters. The van der Waals surface area contributed by atoms with Gasteiger partial charge >= 0.3 is 0 Å². The van der Waals surface area contributed by atoms with E-state index in [9.17, 15) is 0 Å². The number of unbranched alkanes of at least 4 members (excludes halogenated alkanes) is 1. The van der Waals surface area contributed by atoms with E-state index in [1.807, 2.05) is 14.1 Å².